The first kappa shape index (κ1) is 9.61. The summed E-state index contributed by atoms with van der Waals surface area (Å²) in [7, 11) is 0. The van der Waals surface area contributed by atoms with Gasteiger partial charge in [-0.2, -0.15) is 0 Å². The van der Waals surface area contributed by atoms with E-state index < -0.39 is 0 Å². The molecule has 0 saturated carbocycles. The second kappa shape index (κ2) is 3.33. The maximum Gasteiger partial charge on any atom is 0.279 e. The van der Waals surface area contributed by atoms with Crippen LogP contribution in [0.3, 0.4) is 0 Å². The summed E-state index contributed by atoms with van der Waals surface area (Å²) in [4.78, 5) is 10.4. The molecule has 1 aromatic carbocycles. The monoisotopic (exact) mass is 271 g/mol. The molecule has 0 saturated heterocycles. The summed E-state index contributed by atoms with van der Waals surface area (Å²) >= 11 is 4.85. The lowest BCUT2D eigenvalue weighted by atomic mass is 10.1. The molecule has 0 atom stereocenters. The number of fused-ring (bicyclic) bond motifs is 1. The fourth-order valence-electron chi connectivity index (χ4n) is 1.37. The predicted molar refractivity (Wildman–Crippen MR) is 60.9 cm³/mol. The largest absolute Gasteiger partial charge is 0.279 e. The smallest absolute Gasteiger partial charge is 0.258 e. The zero-order valence-electron chi connectivity index (χ0n) is 7.28. The molecule has 0 unspecified atom stereocenters. The van der Waals surface area contributed by atoms with Crippen molar-refractivity contribution >= 4 is 43.0 Å². The van der Waals surface area contributed by atoms with Crippen LogP contribution < -0.4 is 0 Å². The second-order valence-electron chi connectivity index (χ2n) is 2.92. The summed E-state index contributed by atoms with van der Waals surface area (Å²) in [6, 6.07) is 3.35. The van der Waals surface area contributed by atoms with Gasteiger partial charge in [-0.3, -0.25) is 10.1 Å². The van der Waals surface area contributed by atoms with Crippen LogP contribution in [-0.4, -0.2) is 4.92 Å². The van der Waals surface area contributed by atoms with Crippen LogP contribution in [-0.2, 0) is 0 Å². The summed E-state index contributed by atoms with van der Waals surface area (Å²) in [5.74, 6) is 0. The predicted octanol–water partition coefficient (Wildman–Crippen LogP) is 3.88. The maximum absolute atomic E-state index is 10.8. The molecule has 1 aromatic heterocycles. The zero-order chi connectivity index (χ0) is 10.3. The van der Waals surface area contributed by atoms with Gasteiger partial charge in [-0.05, 0) is 23.9 Å². The summed E-state index contributed by atoms with van der Waals surface area (Å²) in [5.41, 5.74) is 1.22. The fourth-order valence-corrected chi connectivity index (χ4v) is 2.84. The molecule has 2 rings (SSSR count). The van der Waals surface area contributed by atoms with Gasteiger partial charge >= 0.3 is 0 Å². The van der Waals surface area contributed by atoms with Crippen molar-refractivity contribution in [3.63, 3.8) is 0 Å². The van der Waals surface area contributed by atoms with E-state index in [0.29, 0.717) is 0 Å². The molecule has 0 radical (unpaired) electrons. The van der Waals surface area contributed by atoms with Crippen LogP contribution >= 0.6 is 27.3 Å². The third-order valence-electron chi connectivity index (χ3n) is 2.10. The van der Waals surface area contributed by atoms with E-state index in [4.69, 9.17) is 0 Å². The van der Waals surface area contributed by atoms with Crippen LogP contribution in [0.2, 0.25) is 0 Å². The van der Waals surface area contributed by atoms with Gasteiger partial charge < -0.3 is 0 Å². The minimum Gasteiger partial charge on any atom is -0.258 e. The third kappa shape index (κ3) is 1.33. The molecule has 0 bridgehead atoms. The average molecular weight is 272 g/mol. The molecule has 0 amide bonds. The molecule has 0 aliphatic carbocycles. The van der Waals surface area contributed by atoms with Crippen molar-refractivity contribution in [2.24, 2.45) is 0 Å². The third-order valence-corrected chi connectivity index (χ3v) is 3.96. The van der Waals surface area contributed by atoms with Crippen molar-refractivity contribution in [3.05, 3.63) is 37.7 Å². The van der Waals surface area contributed by atoms with Crippen molar-refractivity contribution in [1.29, 1.82) is 0 Å². The second-order valence-corrected chi connectivity index (χ2v) is 4.69. The molecule has 2 aromatic rings. The van der Waals surface area contributed by atoms with Crippen molar-refractivity contribution in [2.45, 2.75) is 6.92 Å². The molecule has 72 valence electrons. The van der Waals surface area contributed by atoms with E-state index >= 15 is 0 Å². The van der Waals surface area contributed by atoms with Gasteiger partial charge in [0, 0.05) is 15.2 Å². The Bertz CT molecular complexity index is 521. The topological polar surface area (TPSA) is 43.1 Å². The molecule has 0 aliphatic rings. The number of benzene rings is 1. The molecule has 0 spiro atoms. The molecular weight excluding hydrogens is 266 g/mol. The Hall–Kier alpha value is -0.940. The molecule has 14 heavy (non-hydrogen) atoms. The standard InChI is InChI=1S/C9H6BrNO2S/c1-5-7(10)4-8(11(12)13)6-2-3-14-9(5)6/h2-4H,1H3. The number of nitro benzene ring substituents is 1. The Balaban J connectivity index is 2.91. The highest BCUT2D eigenvalue weighted by Gasteiger charge is 2.16. The Morgan fingerprint density at radius 1 is 1.57 bits per heavy atom. The van der Waals surface area contributed by atoms with Crippen LogP contribution in [0.1, 0.15) is 5.56 Å². The number of halogens is 1. The van der Waals surface area contributed by atoms with Crippen molar-refractivity contribution in [1.82, 2.24) is 0 Å². The number of non-ortho nitro benzene ring substituents is 1. The Labute approximate surface area is 92.6 Å². The summed E-state index contributed by atoms with van der Waals surface area (Å²) in [6.45, 7) is 1.95. The molecule has 1 heterocycles. The van der Waals surface area contributed by atoms with Crippen LogP contribution in [0.4, 0.5) is 5.69 Å². The number of hydrogen-bond donors (Lipinski definition) is 0. The van der Waals surface area contributed by atoms with Crippen molar-refractivity contribution in [3.8, 4) is 0 Å². The lowest BCUT2D eigenvalue weighted by molar-refractivity contribution is -0.383. The van der Waals surface area contributed by atoms with Gasteiger partial charge in [-0.1, -0.05) is 15.9 Å². The zero-order valence-corrected chi connectivity index (χ0v) is 9.68. The van der Waals surface area contributed by atoms with Gasteiger partial charge in [0.2, 0.25) is 0 Å². The highest BCUT2D eigenvalue weighted by molar-refractivity contribution is 9.10. The number of thiophene rings is 1. The van der Waals surface area contributed by atoms with Gasteiger partial charge in [0.1, 0.15) is 0 Å². The van der Waals surface area contributed by atoms with Gasteiger partial charge in [-0.25, -0.2) is 0 Å². The minimum atomic E-state index is -0.348. The molecule has 0 fully saturated rings. The average Bonchev–Trinajstić information content (AvgIpc) is 2.59. The lowest BCUT2D eigenvalue weighted by Crippen LogP contribution is -1.89. The first-order valence-corrected chi connectivity index (χ1v) is 5.59. The molecule has 0 aliphatic heterocycles. The molecular formula is C9H6BrNO2S. The van der Waals surface area contributed by atoms with Crippen LogP contribution in [0.15, 0.2) is 22.0 Å². The Morgan fingerprint density at radius 2 is 2.29 bits per heavy atom. The summed E-state index contributed by atoms with van der Waals surface area (Å²) in [5, 5.41) is 13.4. The number of nitrogens with zero attached hydrogens (tertiary/aromatic N) is 1. The molecule has 3 nitrogen and oxygen atoms in total. The highest BCUT2D eigenvalue weighted by Crippen LogP contribution is 2.36. The fraction of sp³-hybridized carbons (Fsp3) is 0.111. The van der Waals surface area contributed by atoms with E-state index in [2.05, 4.69) is 15.9 Å². The van der Waals surface area contributed by atoms with Crippen LogP contribution in [0.25, 0.3) is 10.1 Å². The Morgan fingerprint density at radius 3 is 2.93 bits per heavy atom. The van der Waals surface area contributed by atoms with E-state index in [-0.39, 0.29) is 10.6 Å². The quantitative estimate of drug-likeness (QED) is 0.584. The van der Waals surface area contributed by atoms with Crippen LogP contribution in [0.5, 0.6) is 0 Å². The van der Waals surface area contributed by atoms with Gasteiger partial charge in [0.25, 0.3) is 5.69 Å². The van der Waals surface area contributed by atoms with E-state index in [1.54, 1.807) is 12.1 Å². The summed E-state index contributed by atoms with van der Waals surface area (Å²) in [6.07, 6.45) is 0. The first-order valence-electron chi connectivity index (χ1n) is 3.92. The van der Waals surface area contributed by atoms with E-state index in [1.807, 2.05) is 12.3 Å². The normalized spacial score (nSPS) is 10.7. The van der Waals surface area contributed by atoms with E-state index in [0.717, 1.165) is 20.1 Å². The lowest BCUT2D eigenvalue weighted by Gasteiger charge is -2.00. The SMILES string of the molecule is Cc1c(Br)cc([N+](=O)[O-])c2ccsc12. The first-order chi connectivity index (χ1) is 6.61. The van der Waals surface area contributed by atoms with Crippen LogP contribution in [0, 0.1) is 17.0 Å². The van der Waals surface area contributed by atoms with E-state index in [1.165, 1.54) is 11.3 Å². The van der Waals surface area contributed by atoms with E-state index in [9.17, 15) is 10.1 Å². The van der Waals surface area contributed by atoms with Crippen molar-refractivity contribution in [2.75, 3.05) is 0 Å². The maximum atomic E-state index is 10.8. The number of hydrogen-bond acceptors (Lipinski definition) is 3. The molecule has 5 heteroatoms. The number of rotatable bonds is 1. The number of nitro groups is 1. The Kier molecular flexibility index (Phi) is 2.28. The minimum absolute atomic E-state index is 0.165. The summed E-state index contributed by atoms with van der Waals surface area (Å²) < 4.78 is 1.77. The van der Waals surface area contributed by atoms with Gasteiger partial charge in [0.05, 0.1) is 10.3 Å². The highest BCUT2D eigenvalue weighted by atomic mass is 79.9. The van der Waals surface area contributed by atoms with Crippen molar-refractivity contribution < 1.29 is 4.92 Å². The number of aryl methyl sites for hydroxylation is 1. The molecule has 0 N–H and O–H groups in total. The van der Waals surface area contributed by atoms with Gasteiger partial charge in [0.15, 0.2) is 0 Å². The van der Waals surface area contributed by atoms with Gasteiger partial charge in [-0.15, -0.1) is 11.3 Å².